The second kappa shape index (κ2) is 8.85. The highest BCUT2D eigenvalue weighted by atomic mass is 32.2. The summed E-state index contributed by atoms with van der Waals surface area (Å²) < 4.78 is 4.80. The van der Waals surface area contributed by atoms with E-state index in [0.717, 1.165) is 21.5 Å². The summed E-state index contributed by atoms with van der Waals surface area (Å²) in [7, 11) is 1.23. The number of aromatic amines is 1. The summed E-state index contributed by atoms with van der Waals surface area (Å²) in [6.07, 6.45) is -0.946. The molecule has 0 saturated carbocycles. The number of amides is 2. The Labute approximate surface area is 171 Å². The predicted octanol–water partition coefficient (Wildman–Crippen LogP) is -0.333. The summed E-state index contributed by atoms with van der Waals surface area (Å²) >= 11 is 1.33. The molecule has 1 aliphatic heterocycles. The molecule has 2 heterocycles. The zero-order valence-corrected chi connectivity index (χ0v) is 16.9. The molecule has 10 heteroatoms. The Morgan fingerprint density at radius 2 is 2.00 bits per heavy atom. The van der Waals surface area contributed by atoms with Crippen molar-refractivity contribution in [3.05, 3.63) is 29.8 Å². The van der Waals surface area contributed by atoms with Gasteiger partial charge in [0.25, 0.3) is 0 Å². The van der Waals surface area contributed by atoms with E-state index in [2.05, 4.69) is 15.6 Å². The van der Waals surface area contributed by atoms with Crippen LogP contribution in [-0.4, -0.2) is 65.0 Å². The monoisotopic (exact) mass is 420 g/mol. The van der Waals surface area contributed by atoms with E-state index in [1.807, 2.05) is 24.3 Å². The molecule has 3 rings (SSSR count). The molecule has 0 fully saturated rings. The van der Waals surface area contributed by atoms with Crippen molar-refractivity contribution in [3.8, 4) is 0 Å². The van der Waals surface area contributed by atoms with Gasteiger partial charge in [0, 0.05) is 16.7 Å². The molecule has 0 aliphatic carbocycles. The quantitative estimate of drug-likeness (QED) is 0.418. The Hall–Kier alpha value is -2.56. The topological polar surface area (TPSA) is 147 Å². The second-order valence-electron chi connectivity index (χ2n) is 6.91. The first-order valence-electron chi connectivity index (χ1n) is 9.16. The number of fused-ring (bicyclic) bond motifs is 3. The number of para-hydroxylation sites is 1. The van der Waals surface area contributed by atoms with Crippen molar-refractivity contribution in [2.24, 2.45) is 5.73 Å². The molecule has 2 aromatic rings. The van der Waals surface area contributed by atoms with Gasteiger partial charge in [-0.1, -0.05) is 18.2 Å². The molecule has 156 valence electrons. The third-order valence-electron chi connectivity index (χ3n) is 4.79. The summed E-state index contributed by atoms with van der Waals surface area (Å²) in [5.41, 5.74) is 7.85. The SMILES string of the molecule is COC(=O)[C@@H]1CSc2[nH]c3ccccc3c2C[C@H](N)C(=O)N[C@@H]([C@@H](C)O)C(=O)N1. The molecular formula is C19H24N4O5S. The number of benzene rings is 1. The molecule has 6 N–H and O–H groups in total. The molecule has 0 radical (unpaired) electrons. The number of nitrogens with two attached hydrogens (primary N) is 1. The van der Waals surface area contributed by atoms with Gasteiger partial charge in [0.1, 0.15) is 12.1 Å². The molecule has 2 amide bonds. The Kier molecular flexibility index (Phi) is 6.46. The predicted molar refractivity (Wildman–Crippen MR) is 108 cm³/mol. The Morgan fingerprint density at radius 3 is 2.69 bits per heavy atom. The largest absolute Gasteiger partial charge is 0.467 e. The first-order chi connectivity index (χ1) is 13.8. The van der Waals surface area contributed by atoms with E-state index >= 15 is 0 Å². The van der Waals surface area contributed by atoms with Crippen molar-refractivity contribution in [1.29, 1.82) is 0 Å². The molecular weight excluding hydrogens is 396 g/mol. The second-order valence-corrected chi connectivity index (χ2v) is 7.94. The van der Waals surface area contributed by atoms with Crippen LogP contribution in [-0.2, 0) is 25.5 Å². The molecule has 9 nitrogen and oxygen atoms in total. The van der Waals surface area contributed by atoms with E-state index in [-0.39, 0.29) is 12.2 Å². The number of aliphatic hydroxyl groups is 1. The number of methoxy groups -OCH3 is 1. The number of thioether (sulfide) groups is 1. The van der Waals surface area contributed by atoms with Crippen molar-refractivity contribution in [2.45, 2.75) is 42.6 Å². The maximum atomic E-state index is 12.6. The summed E-state index contributed by atoms with van der Waals surface area (Å²) in [4.78, 5) is 40.6. The lowest BCUT2D eigenvalue weighted by Gasteiger charge is -2.26. The van der Waals surface area contributed by atoms with E-state index in [1.165, 1.54) is 25.8 Å². The molecule has 1 aliphatic rings. The molecule has 0 saturated heterocycles. The zero-order chi connectivity index (χ0) is 21.1. The lowest BCUT2D eigenvalue weighted by molar-refractivity contribution is -0.145. The van der Waals surface area contributed by atoms with E-state index in [4.69, 9.17) is 10.5 Å². The standard InChI is InChI=1S/C19H24N4O5S/c1-9(24)15-17(26)21-14(19(27)28-2)8-29-18-11(7-12(20)16(25)23-15)10-5-3-4-6-13(10)22-18/h3-6,9,12,14-15,22,24H,7-8,20H2,1-2H3,(H,21,26)(H,23,25)/t9-,12+,14+,15+/m1/s1. The van der Waals surface area contributed by atoms with Crippen LogP contribution in [0.4, 0.5) is 0 Å². The third-order valence-corrected chi connectivity index (χ3v) is 5.93. The minimum Gasteiger partial charge on any atom is -0.467 e. The lowest BCUT2D eigenvalue weighted by atomic mass is 10.0. The highest BCUT2D eigenvalue weighted by molar-refractivity contribution is 7.99. The van der Waals surface area contributed by atoms with Crippen LogP contribution in [0.2, 0.25) is 0 Å². The number of esters is 1. The van der Waals surface area contributed by atoms with E-state index in [9.17, 15) is 19.5 Å². The van der Waals surface area contributed by atoms with Crippen molar-refractivity contribution in [3.63, 3.8) is 0 Å². The fraction of sp³-hybridized carbons (Fsp3) is 0.421. The molecule has 4 atom stereocenters. The van der Waals surface area contributed by atoms with E-state index in [0.29, 0.717) is 0 Å². The summed E-state index contributed by atoms with van der Waals surface area (Å²) in [6.45, 7) is 1.38. The van der Waals surface area contributed by atoms with Gasteiger partial charge in [-0.15, -0.1) is 11.8 Å². The number of hydrogen-bond acceptors (Lipinski definition) is 7. The van der Waals surface area contributed by atoms with Gasteiger partial charge in [0.15, 0.2) is 0 Å². The number of aromatic nitrogens is 1. The number of carbonyl (C=O) groups is 3. The van der Waals surface area contributed by atoms with Gasteiger partial charge in [-0.3, -0.25) is 9.59 Å². The number of H-pyrrole nitrogens is 1. The van der Waals surface area contributed by atoms with Gasteiger partial charge < -0.3 is 31.2 Å². The van der Waals surface area contributed by atoms with Crippen molar-refractivity contribution in [2.75, 3.05) is 12.9 Å². The maximum Gasteiger partial charge on any atom is 0.329 e. The van der Waals surface area contributed by atoms with Crippen LogP contribution in [0.15, 0.2) is 29.3 Å². The Bertz CT molecular complexity index is 928. The first-order valence-corrected chi connectivity index (χ1v) is 10.1. The van der Waals surface area contributed by atoms with Crippen LogP contribution in [0.25, 0.3) is 10.9 Å². The van der Waals surface area contributed by atoms with Crippen LogP contribution in [0.3, 0.4) is 0 Å². The van der Waals surface area contributed by atoms with Crippen LogP contribution in [0.5, 0.6) is 0 Å². The smallest absolute Gasteiger partial charge is 0.329 e. The van der Waals surface area contributed by atoms with Gasteiger partial charge >= 0.3 is 5.97 Å². The fourth-order valence-corrected chi connectivity index (χ4v) is 4.32. The van der Waals surface area contributed by atoms with Gasteiger partial charge in [-0.2, -0.15) is 0 Å². The third kappa shape index (κ3) is 4.55. The highest BCUT2D eigenvalue weighted by Gasteiger charge is 2.33. The number of carbonyl (C=O) groups excluding carboxylic acids is 3. The number of ether oxygens (including phenoxy) is 1. The molecule has 0 unspecified atom stereocenters. The summed E-state index contributed by atoms with van der Waals surface area (Å²) in [5, 5.41) is 16.7. The van der Waals surface area contributed by atoms with E-state index < -0.39 is 42.0 Å². The fourth-order valence-electron chi connectivity index (χ4n) is 3.22. The average Bonchev–Trinajstić information content (AvgIpc) is 3.04. The number of aliphatic hydroxyl groups excluding tert-OH is 1. The van der Waals surface area contributed by atoms with Gasteiger partial charge in [-0.25, -0.2) is 4.79 Å². The maximum absolute atomic E-state index is 12.6. The van der Waals surface area contributed by atoms with Gasteiger partial charge in [-0.05, 0) is 25.0 Å². The number of hydrogen-bond donors (Lipinski definition) is 5. The van der Waals surface area contributed by atoms with Crippen LogP contribution >= 0.6 is 11.8 Å². The Morgan fingerprint density at radius 1 is 1.28 bits per heavy atom. The van der Waals surface area contributed by atoms with Crippen LogP contribution in [0.1, 0.15) is 12.5 Å². The van der Waals surface area contributed by atoms with Crippen molar-refractivity contribution < 1.29 is 24.2 Å². The minimum atomic E-state index is -1.24. The van der Waals surface area contributed by atoms with Crippen LogP contribution in [0, 0.1) is 0 Å². The number of nitrogens with one attached hydrogen (secondary N) is 3. The number of rotatable bonds is 2. The minimum absolute atomic E-state index is 0.202. The molecule has 29 heavy (non-hydrogen) atoms. The molecule has 1 aromatic heterocycles. The van der Waals surface area contributed by atoms with Gasteiger partial charge in [0.2, 0.25) is 11.8 Å². The Balaban J connectivity index is 2.02. The van der Waals surface area contributed by atoms with Crippen molar-refractivity contribution in [1.82, 2.24) is 15.6 Å². The normalized spacial score (nSPS) is 24.5. The average molecular weight is 420 g/mol. The van der Waals surface area contributed by atoms with E-state index in [1.54, 1.807) is 0 Å². The first kappa shape index (κ1) is 21.2. The molecule has 0 spiro atoms. The molecule has 0 bridgehead atoms. The van der Waals surface area contributed by atoms with Gasteiger partial charge in [0.05, 0.1) is 24.3 Å². The highest BCUT2D eigenvalue weighted by Crippen LogP contribution is 2.31. The summed E-state index contributed by atoms with van der Waals surface area (Å²) in [5.74, 6) is -1.67. The lowest BCUT2D eigenvalue weighted by Crippen LogP contribution is -2.59. The summed E-state index contributed by atoms with van der Waals surface area (Å²) in [6, 6.07) is 4.51. The van der Waals surface area contributed by atoms with Crippen molar-refractivity contribution >= 4 is 40.4 Å². The molecule has 1 aromatic carbocycles. The van der Waals surface area contributed by atoms with Crippen LogP contribution < -0.4 is 16.4 Å². The zero-order valence-electron chi connectivity index (χ0n) is 16.1.